The number of hydrogen-bond acceptors (Lipinski definition) is 11. The predicted octanol–water partition coefficient (Wildman–Crippen LogP) is 16.4. The van der Waals surface area contributed by atoms with Gasteiger partial charge in [0.25, 0.3) is 11.1 Å². The average molecular weight is 1660 g/mol. The molecule has 0 aromatic heterocycles. The van der Waals surface area contributed by atoms with Crippen molar-refractivity contribution in [1.29, 1.82) is 0 Å². The van der Waals surface area contributed by atoms with Crippen LogP contribution in [0.3, 0.4) is 0 Å². The molecule has 0 aliphatic carbocycles. The molecule has 6 N–H and O–H groups in total. The number of amides is 1. The van der Waals surface area contributed by atoms with Gasteiger partial charge in [0.15, 0.2) is 0 Å². The molecule has 10 aromatic rings. The molecule has 3 saturated heterocycles. The molecule has 6 heterocycles. The molecule has 3 radical (unpaired) electrons. The van der Waals surface area contributed by atoms with E-state index in [0.717, 1.165) is 87.2 Å². The third kappa shape index (κ3) is 34.7. The fourth-order valence-corrected chi connectivity index (χ4v) is 13.4. The van der Waals surface area contributed by atoms with E-state index in [1.54, 1.807) is 12.1 Å². The van der Waals surface area contributed by atoms with E-state index in [1.807, 2.05) is 84.9 Å². The summed E-state index contributed by atoms with van der Waals surface area (Å²) in [6, 6.07) is 76.4. The number of ether oxygens (including phenoxy) is 1. The molecule has 1 unspecified atom stereocenters. The van der Waals surface area contributed by atoms with Crippen molar-refractivity contribution in [3.8, 4) is 0 Å². The van der Waals surface area contributed by atoms with Gasteiger partial charge < -0.3 is 42.8 Å². The number of alkyl halides is 3. The monoisotopic (exact) mass is 1660 g/mol. The van der Waals surface area contributed by atoms with Gasteiger partial charge in [-0.1, -0.05) is 178 Å². The predicted molar refractivity (Wildman–Crippen MR) is 453 cm³/mol. The number of hydrogen-bond donors (Lipinski definition) is 5. The zero-order chi connectivity index (χ0) is 80.6. The molecule has 114 heavy (non-hydrogen) atoms. The number of nitrogens with one attached hydrogen (secondary N) is 3. The Bertz CT molecular complexity index is 4350. The summed E-state index contributed by atoms with van der Waals surface area (Å²) < 4.78 is 65.5. The summed E-state index contributed by atoms with van der Waals surface area (Å²) >= 11 is 24.5. The molecule has 0 spiro atoms. The Morgan fingerprint density at radius 2 is 0.956 bits per heavy atom. The van der Waals surface area contributed by atoms with Crippen molar-refractivity contribution in [2.45, 2.75) is 87.9 Å². The number of carbonyl (C=O) groups excluding carboxylic acids is 3. The Morgan fingerprint density at radius 3 is 1.33 bits per heavy atom. The van der Waals surface area contributed by atoms with Crippen LogP contribution in [0.15, 0.2) is 260 Å². The third-order valence-corrected chi connectivity index (χ3v) is 19.3. The van der Waals surface area contributed by atoms with Gasteiger partial charge >= 0.3 is 39.0 Å². The molecule has 16 rings (SSSR count). The van der Waals surface area contributed by atoms with Gasteiger partial charge in [-0.05, 0) is 284 Å². The van der Waals surface area contributed by atoms with Crippen LogP contribution < -0.4 is 51.2 Å². The number of fused-ring (bicyclic) bond motifs is 6. The van der Waals surface area contributed by atoms with Crippen molar-refractivity contribution in [2.24, 2.45) is 16.6 Å². The van der Waals surface area contributed by atoms with Gasteiger partial charge in [-0.2, -0.15) is 0 Å². The summed E-state index contributed by atoms with van der Waals surface area (Å²) in [5.74, 6) is -0.826. The molecule has 3 atom stereocenters. The van der Waals surface area contributed by atoms with E-state index in [0.29, 0.717) is 23.6 Å². The van der Waals surface area contributed by atoms with E-state index in [2.05, 4.69) is 141 Å². The van der Waals surface area contributed by atoms with Gasteiger partial charge in [0.1, 0.15) is 29.1 Å². The molecule has 2 bridgehead atoms. The SMILES string of the molecule is CCN(CC)CC.Fc1ccc(C2=NCCc3ccccc32)cc1.Fc1ccc(C2NCCc3ccccc32)cc1.Fc1ccc([C@@H]2NCCc3ccccc32)cc1.NCCc1ccccc1.O=C(Cl)OC(Cl)(Cl)Cl.O=C(Cl)c1ccc(F)cc1.O=C(NCCc1ccccc1)c1ccc(F)cc1.O[C@@H]1CN2CCC1CC2.[B].[H-].[Na+]. The van der Waals surface area contributed by atoms with Gasteiger partial charge in [-0.25, -0.2) is 26.7 Å². The van der Waals surface area contributed by atoms with Gasteiger partial charge in [0.05, 0.1) is 23.9 Å². The molecule has 0 saturated carbocycles. The fraction of sp³-hybridized carbons (Fsp3) is 0.289. The summed E-state index contributed by atoms with van der Waals surface area (Å²) in [5, 5.41) is 18.6. The first kappa shape index (κ1) is 97.0. The summed E-state index contributed by atoms with van der Waals surface area (Å²) in [4.78, 5) is 41.2. The van der Waals surface area contributed by atoms with Crippen molar-refractivity contribution >= 4 is 88.7 Å². The fourth-order valence-electron chi connectivity index (χ4n) is 12.9. The first-order valence-corrected chi connectivity index (χ1v) is 39.3. The van der Waals surface area contributed by atoms with Crippen LogP contribution in [0.4, 0.5) is 26.7 Å². The van der Waals surface area contributed by atoms with E-state index in [1.165, 1.54) is 175 Å². The minimum atomic E-state index is -2.04. The average Bonchev–Trinajstić information content (AvgIpc) is 0.825. The maximum absolute atomic E-state index is 12.9. The van der Waals surface area contributed by atoms with Crippen LogP contribution in [-0.2, 0) is 36.8 Å². The van der Waals surface area contributed by atoms with Gasteiger partial charge in [-0.3, -0.25) is 14.6 Å². The van der Waals surface area contributed by atoms with E-state index in [-0.39, 0.29) is 92.6 Å². The van der Waals surface area contributed by atoms with E-state index in [4.69, 9.17) is 52.1 Å². The van der Waals surface area contributed by atoms with Crippen LogP contribution in [0.5, 0.6) is 0 Å². The number of carbonyl (C=O) groups is 3. The first-order chi connectivity index (χ1) is 54.0. The molecule has 10 aromatic carbocycles. The molecule has 1 amide bonds. The van der Waals surface area contributed by atoms with Crippen molar-refractivity contribution in [3.05, 3.63) is 356 Å². The van der Waals surface area contributed by atoms with Gasteiger partial charge in [0.2, 0.25) is 0 Å². The minimum Gasteiger partial charge on any atom is -1.00 e. The minimum absolute atomic E-state index is 0. The second kappa shape index (κ2) is 52.9. The van der Waals surface area contributed by atoms with Crippen molar-refractivity contribution in [3.63, 3.8) is 0 Å². The smallest absolute Gasteiger partial charge is 1.00 e. The van der Waals surface area contributed by atoms with Crippen molar-refractivity contribution < 1.29 is 77.2 Å². The molecule has 12 nitrogen and oxygen atoms in total. The number of aliphatic imine (C=N–C) groups is 1. The maximum Gasteiger partial charge on any atom is 1.00 e. The molecule has 6 aliphatic rings. The van der Waals surface area contributed by atoms with E-state index < -0.39 is 14.6 Å². The zero-order valence-electron chi connectivity index (χ0n) is 65.6. The second-order valence-corrected chi connectivity index (χ2v) is 29.2. The number of halogens is 10. The number of rotatable bonds is 13. The Kier molecular flexibility index (Phi) is 45.0. The summed E-state index contributed by atoms with van der Waals surface area (Å²) in [7, 11) is 0. The van der Waals surface area contributed by atoms with Crippen LogP contribution in [-0.4, -0.2) is 128 Å². The quantitative estimate of drug-likeness (QED) is 0.0325. The number of piperidine rings is 3. The van der Waals surface area contributed by atoms with Crippen LogP contribution in [0, 0.1) is 35.0 Å². The Balaban J connectivity index is 0.000000277. The Hall–Kier alpha value is -7.60. The van der Waals surface area contributed by atoms with Gasteiger partial charge in [-0.15, -0.1) is 0 Å². The standard InChI is InChI=1S/C15H14FNO.2C15H14FN.C15H12FN.C8H11N.C7H4ClFO.C7H13NO.C6H15N.C2Cl4O2.B.Na.H/c16-14-8-6-13(7-9-14)15(18)17-11-10-12-4-2-1-3-5-12;3*16-13-7-5-12(6-8-13)15-14-4-2-1-3-11(14)9-10-17-15;9-7-6-8-4-2-1-3-5-8;8-7(10)5-1-3-6(9)4-2-5;9-7-5-8-3-1-6(7)2-4-8;1-4-7(5-2)6-3;3-1(7)8-2(4,5)6;;;/h1-9H,10-11H2,(H,17,18);2*1-8,15,17H,9-10H2;1-8H,9-10H2;1-5H,6-7,9H2;1-4H;6-7,9H,1-5H2;4-6H2,1-3H3;;;;/q;;;;;;;;;;+1;-1/t;15-;;;;;7-;;;;;/m.0....1...../s1. The number of nitrogens with zero attached hydrogens (tertiary/aromatic N) is 3. The van der Waals surface area contributed by atoms with Crippen LogP contribution in [0.25, 0.3) is 0 Å². The van der Waals surface area contributed by atoms with Crippen LogP contribution in [0.1, 0.15) is 129 Å². The second-order valence-electron chi connectivity index (χ2n) is 26.3. The number of aliphatic hydroxyl groups excluding tert-OH is 1. The topological polar surface area (TPSA) is 162 Å². The van der Waals surface area contributed by atoms with Gasteiger partial charge in [0, 0.05) is 75.0 Å². The maximum atomic E-state index is 12.9. The zero-order valence-corrected chi connectivity index (χ0v) is 70.4. The molecule has 597 valence electrons. The molecule has 6 aliphatic heterocycles. The first-order valence-electron chi connectivity index (χ1n) is 37.4. The van der Waals surface area contributed by atoms with Crippen LogP contribution >= 0.6 is 58.0 Å². The number of nitrogens with two attached hydrogens (primary N) is 1. The molecular formula is C90H98BCl5F5N7NaO5. The summed E-state index contributed by atoms with van der Waals surface area (Å²) in [6.07, 6.45) is 7.33. The number of benzene rings is 10. The van der Waals surface area contributed by atoms with E-state index in [9.17, 15) is 41.4 Å². The molecule has 3 fully saturated rings. The molecular weight excluding hydrogens is 1570 g/mol. The van der Waals surface area contributed by atoms with Crippen LogP contribution in [0.2, 0.25) is 0 Å². The number of aliphatic hydroxyl groups is 1. The summed E-state index contributed by atoms with van der Waals surface area (Å²) in [6.45, 7) is 17.6. The molecule has 24 heteroatoms. The van der Waals surface area contributed by atoms with Crippen molar-refractivity contribution in [2.75, 3.05) is 72.0 Å². The Morgan fingerprint density at radius 1 is 0.553 bits per heavy atom. The largest absolute Gasteiger partial charge is 1.00 e. The summed E-state index contributed by atoms with van der Waals surface area (Å²) in [5.41, 5.74) is 19.6. The third-order valence-electron chi connectivity index (χ3n) is 18.8. The Labute approximate surface area is 718 Å². The van der Waals surface area contributed by atoms with Crippen molar-refractivity contribution in [1.82, 2.24) is 25.8 Å². The normalized spacial score (nSPS) is 16.2. The van der Waals surface area contributed by atoms with E-state index >= 15 is 0 Å².